The van der Waals surface area contributed by atoms with Crippen molar-refractivity contribution in [3.05, 3.63) is 35.6 Å². The van der Waals surface area contributed by atoms with Crippen molar-refractivity contribution < 1.29 is 23.5 Å². The normalized spacial score (nSPS) is 15.1. The van der Waals surface area contributed by atoms with Crippen LogP contribution in [0, 0.1) is 5.82 Å². The molecule has 1 fully saturated rings. The molecule has 0 aliphatic carbocycles. The van der Waals surface area contributed by atoms with Crippen LogP contribution < -0.4 is 0 Å². The van der Waals surface area contributed by atoms with Gasteiger partial charge in [0.05, 0.1) is 26.7 Å². The third-order valence-corrected chi connectivity index (χ3v) is 3.96. The lowest BCUT2D eigenvalue weighted by Crippen LogP contribution is -2.43. The number of esters is 1. The Hall–Kier alpha value is -1.99. The molecule has 0 spiro atoms. The Morgan fingerprint density at radius 1 is 1.29 bits per heavy atom. The first kappa shape index (κ1) is 18.4. The molecule has 1 heterocycles. The Kier molecular flexibility index (Phi) is 7.14. The maximum Gasteiger partial charge on any atom is 0.307 e. The summed E-state index contributed by atoms with van der Waals surface area (Å²) in [5.41, 5.74) is 0.279. The number of ether oxygens (including phenoxy) is 2. The molecule has 1 aliphatic heterocycles. The van der Waals surface area contributed by atoms with Crippen molar-refractivity contribution in [1.29, 1.82) is 0 Å². The molecule has 0 bridgehead atoms. The Bertz CT molecular complexity index is 561. The SMILES string of the molecule is COC(=O)CCN(CCN1CCOCC1)C(=O)c1cccc(F)c1. The van der Waals surface area contributed by atoms with Crippen molar-refractivity contribution in [1.82, 2.24) is 9.80 Å². The highest BCUT2D eigenvalue weighted by atomic mass is 19.1. The predicted molar refractivity (Wildman–Crippen MR) is 86.2 cm³/mol. The molecule has 0 radical (unpaired) electrons. The second-order valence-corrected chi connectivity index (χ2v) is 5.58. The lowest BCUT2D eigenvalue weighted by Gasteiger charge is -2.30. The molecule has 1 aliphatic rings. The summed E-state index contributed by atoms with van der Waals surface area (Å²) in [5, 5.41) is 0. The molecule has 0 N–H and O–H groups in total. The van der Waals surface area contributed by atoms with Gasteiger partial charge in [0.1, 0.15) is 5.82 Å². The van der Waals surface area contributed by atoms with E-state index in [1.54, 1.807) is 11.0 Å². The fourth-order valence-electron chi connectivity index (χ4n) is 2.53. The lowest BCUT2D eigenvalue weighted by atomic mass is 10.2. The number of nitrogens with zero attached hydrogens (tertiary/aromatic N) is 2. The smallest absolute Gasteiger partial charge is 0.307 e. The maximum absolute atomic E-state index is 13.4. The number of carbonyl (C=O) groups excluding carboxylic acids is 2. The standard InChI is InChI=1S/C17H23FN2O4/c1-23-16(21)5-6-20(8-7-19-9-11-24-12-10-19)17(22)14-3-2-4-15(18)13-14/h2-4,13H,5-12H2,1H3. The summed E-state index contributed by atoms with van der Waals surface area (Å²) in [6.45, 7) is 4.39. The van der Waals surface area contributed by atoms with E-state index in [1.165, 1.54) is 25.3 Å². The van der Waals surface area contributed by atoms with Crippen LogP contribution in [-0.4, -0.2) is 74.7 Å². The van der Waals surface area contributed by atoms with Crippen LogP contribution in [0.5, 0.6) is 0 Å². The quantitative estimate of drug-likeness (QED) is 0.699. The molecular weight excluding hydrogens is 315 g/mol. The van der Waals surface area contributed by atoms with Gasteiger partial charge in [-0.05, 0) is 18.2 Å². The minimum atomic E-state index is -0.457. The van der Waals surface area contributed by atoms with Crippen LogP contribution in [0.3, 0.4) is 0 Å². The first-order chi connectivity index (χ1) is 11.6. The van der Waals surface area contributed by atoms with E-state index in [0.29, 0.717) is 26.3 Å². The summed E-state index contributed by atoms with van der Waals surface area (Å²) in [6, 6.07) is 5.58. The van der Waals surface area contributed by atoms with E-state index in [-0.39, 0.29) is 30.4 Å². The maximum atomic E-state index is 13.4. The topological polar surface area (TPSA) is 59.1 Å². The average molecular weight is 338 g/mol. The van der Waals surface area contributed by atoms with Gasteiger partial charge in [-0.1, -0.05) is 6.07 Å². The summed E-state index contributed by atoms with van der Waals surface area (Å²) < 4.78 is 23.3. The van der Waals surface area contributed by atoms with Gasteiger partial charge >= 0.3 is 5.97 Å². The predicted octanol–water partition coefficient (Wildman–Crippen LogP) is 1.16. The van der Waals surface area contributed by atoms with Gasteiger partial charge in [0.25, 0.3) is 5.91 Å². The van der Waals surface area contributed by atoms with E-state index in [4.69, 9.17) is 4.74 Å². The van der Waals surface area contributed by atoms with E-state index >= 15 is 0 Å². The molecule has 24 heavy (non-hydrogen) atoms. The number of halogens is 1. The summed E-state index contributed by atoms with van der Waals surface area (Å²) >= 11 is 0. The minimum Gasteiger partial charge on any atom is -0.469 e. The van der Waals surface area contributed by atoms with E-state index in [1.807, 2.05) is 0 Å². The molecule has 0 aromatic heterocycles. The van der Waals surface area contributed by atoms with Gasteiger partial charge in [-0.15, -0.1) is 0 Å². The summed E-state index contributed by atoms with van der Waals surface area (Å²) in [7, 11) is 1.31. The van der Waals surface area contributed by atoms with E-state index in [2.05, 4.69) is 9.64 Å². The number of hydrogen-bond donors (Lipinski definition) is 0. The molecule has 132 valence electrons. The van der Waals surface area contributed by atoms with Gasteiger partial charge in [0.15, 0.2) is 0 Å². The number of hydrogen-bond acceptors (Lipinski definition) is 5. The second-order valence-electron chi connectivity index (χ2n) is 5.58. The van der Waals surface area contributed by atoms with Crippen LogP contribution in [0.4, 0.5) is 4.39 Å². The summed E-state index contributed by atoms with van der Waals surface area (Å²) in [5.74, 6) is -1.12. The third kappa shape index (κ3) is 5.58. The van der Waals surface area contributed by atoms with Crippen molar-refractivity contribution in [3.8, 4) is 0 Å². The van der Waals surface area contributed by atoms with Crippen LogP contribution in [0.1, 0.15) is 16.8 Å². The number of morpholine rings is 1. The van der Waals surface area contributed by atoms with Crippen molar-refractivity contribution in [2.75, 3.05) is 53.0 Å². The molecule has 1 aromatic rings. The summed E-state index contributed by atoms with van der Waals surface area (Å²) in [6.07, 6.45) is 0.112. The Labute approximate surface area is 141 Å². The van der Waals surface area contributed by atoms with E-state index in [9.17, 15) is 14.0 Å². The highest BCUT2D eigenvalue weighted by molar-refractivity contribution is 5.94. The first-order valence-electron chi connectivity index (χ1n) is 8.02. The zero-order chi connectivity index (χ0) is 17.4. The van der Waals surface area contributed by atoms with Gasteiger partial charge in [0, 0.05) is 38.3 Å². The zero-order valence-corrected chi connectivity index (χ0v) is 13.9. The van der Waals surface area contributed by atoms with Crippen molar-refractivity contribution >= 4 is 11.9 Å². The number of methoxy groups -OCH3 is 1. The molecule has 1 amide bonds. The van der Waals surface area contributed by atoms with Crippen LogP contribution >= 0.6 is 0 Å². The molecular formula is C17H23FN2O4. The number of rotatable bonds is 7. The molecule has 6 nitrogen and oxygen atoms in total. The van der Waals surface area contributed by atoms with Crippen molar-refractivity contribution in [2.24, 2.45) is 0 Å². The molecule has 0 unspecified atom stereocenters. The Balaban J connectivity index is 2.00. The first-order valence-corrected chi connectivity index (χ1v) is 8.02. The van der Waals surface area contributed by atoms with Gasteiger partial charge in [-0.2, -0.15) is 0 Å². The molecule has 1 saturated heterocycles. The van der Waals surface area contributed by atoms with Gasteiger partial charge in [-0.25, -0.2) is 4.39 Å². The number of benzene rings is 1. The zero-order valence-electron chi connectivity index (χ0n) is 13.9. The van der Waals surface area contributed by atoms with E-state index in [0.717, 1.165) is 13.1 Å². The Morgan fingerprint density at radius 3 is 2.71 bits per heavy atom. The van der Waals surface area contributed by atoms with Crippen LogP contribution in [0.25, 0.3) is 0 Å². The largest absolute Gasteiger partial charge is 0.469 e. The molecule has 2 rings (SSSR count). The Morgan fingerprint density at radius 2 is 2.04 bits per heavy atom. The molecule has 0 atom stereocenters. The van der Waals surface area contributed by atoms with Crippen LogP contribution in [0.2, 0.25) is 0 Å². The van der Waals surface area contributed by atoms with Crippen LogP contribution in [0.15, 0.2) is 24.3 Å². The fraction of sp³-hybridized carbons (Fsp3) is 0.529. The third-order valence-electron chi connectivity index (χ3n) is 3.96. The molecule has 0 saturated carbocycles. The number of amides is 1. The molecule has 1 aromatic carbocycles. The average Bonchev–Trinajstić information content (AvgIpc) is 2.61. The lowest BCUT2D eigenvalue weighted by molar-refractivity contribution is -0.140. The van der Waals surface area contributed by atoms with Crippen LogP contribution in [-0.2, 0) is 14.3 Å². The molecule has 7 heteroatoms. The minimum absolute atomic E-state index is 0.112. The van der Waals surface area contributed by atoms with E-state index < -0.39 is 5.82 Å². The number of carbonyl (C=O) groups is 2. The van der Waals surface area contributed by atoms with Crippen molar-refractivity contribution in [2.45, 2.75) is 6.42 Å². The summed E-state index contributed by atoms with van der Waals surface area (Å²) in [4.78, 5) is 27.8. The van der Waals surface area contributed by atoms with Gasteiger partial charge in [0.2, 0.25) is 0 Å². The van der Waals surface area contributed by atoms with Gasteiger partial charge < -0.3 is 14.4 Å². The van der Waals surface area contributed by atoms with Crippen molar-refractivity contribution in [3.63, 3.8) is 0 Å². The second kappa shape index (κ2) is 9.34. The fourth-order valence-corrected chi connectivity index (χ4v) is 2.53. The van der Waals surface area contributed by atoms with Gasteiger partial charge in [-0.3, -0.25) is 14.5 Å². The highest BCUT2D eigenvalue weighted by Crippen LogP contribution is 2.09. The highest BCUT2D eigenvalue weighted by Gasteiger charge is 2.19. The monoisotopic (exact) mass is 338 g/mol.